The lowest BCUT2D eigenvalue weighted by Gasteiger charge is -2.26. The molecule has 5 nitrogen and oxygen atoms in total. The largest absolute Gasteiger partial charge is 0.496 e. The zero-order valence-corrected chi connectivity index (χ0v) is 11.9. The molecule has 2 heterocycles. The van der Waals surface area contributed by atoms with Gasteiger partial charge >= 0.3 is 0 Å². The fraction of sp³-hybridized carbons (Fsp3) is 0.286. The van der Waals surface area contributed by atoms with Gasteiger partial charge in [0.05, 0.1) is 24.9 Å². The summed E-state index contributed by atoms with van der Waals surface area (Å²) in [4.78, 5) is 19.8. The van der Waals surface area contributed by atoms with Gasteiger partial charge in [0.25, 0.3) is 5.91 Å². The Kier molecular flexibility index (Phi) is 3.31. The number of para-hydroxylation sites is 1. The number of carbonyl (C=O) groups is 1. The Labute approximate surface area is 121 Å². The third-order valence-corrected chi connectivity index (χ3v) is 4.28. The summed E-state index contributed by atoms with van der Waals surface area (Å²) in [5.74, 6) is 0.590. The van der Waals surface area contributed by atoms with E-state index in [1.54, 1.807) is 19.2 Å². The molecule has 0 radical (unpaired) electrons. The molecule has 104 valence electrons. The second-order valence-electron chi connectivity index (χ2n) is 4.60. The number of nitrogen functional groups attached to an aromatic ring is 1. The van der Waals surface area contributed by atoms with E-state index in [-0.39, 0.29) is 5.91 Å². The van der Waals surface area contributed by atoms with Crippen molar-refractivity contribution >= 4 is 22.4 Å². The van der Waals surface area contributed by atoms with Crippen molar-refractivity contribution in [3.63, 3.8) is 0 Å². The molecule has 0 saturated heterocycles. The van der Waals surface area contributed by atoms with Gasteiger partial charge in [-0.15, -0.1) is 11.3 Å². The van der Waals surface area contributed by atoms with Crippen molar-refractivity contribution in [2.24, 2.45) is 0 Å². The number of anilines is 1. The van der Waals surface area contributed by atoms with Crippen molar-refractivity contribution in [1.29, 1.82) is 0 Å². The Hall–Kier alpha value is -2.08. The van der Waals surface area contributed by atoms with E-state index in [2.05, 4.69) is 4.98 Å². The summed E-state index contributed by atoms with van der Waals surface area (Å²) in [5.41, 5.74) is 7.34. The molecule has 0 saturated carbocycles. The number of rotatable bonds is 2. The molecule has 1 aromatic carbocycles. The van der Waals surface area contributed by atoms with Gasteiger partial charge in [0.1, 0.15) is 5.75 Å². The maximum atomic E-state index is 12.6. The summed E-state index contributed by atoms with van der Waals surface area (Å²) in [6.45, 7) is 1.23. The Morgan fingerprint density at radius 3 is 3.05 bits per heavy atom. The molecule has 0 bridgehead atoms. The summed E-state index contributed by atoms with van der Waals surface area (Å²) in [6, 6.07) is 7.29. The third kappa shape index (κ3) is 2.22. The van der Waals surface area contributed by atoms with Gasteiger partial charge in [-0.3, -0.25) is 4.79 Å². The zero-order valence-electron chi connectivity index (χ0n) is 11.1. The average Bonchev–Trinajstić information content (AvgIpc) is 2.85. The van der Waals surface area contributed by atoms with E-state index in [4.69, 9.17) is 10.5 Å². The average molecular weight is 289 g/mol. The van der Waals surface area contributed by atoms with Gasteiger partial charge in [0, 0.05) is 17.8 Å². The van der Waals surface area contributed by atoms with E-state index < -0.39 is 0 Å². The first-order valence-corrected chi connectivity index (χ1v) is 7.17. The van der Waals surface area contributed by atoms with Crippen LogP contribution in [0.3, 0.4) is 0 Å². The number of nitrogens with two attached hydrogens (primary N) is 1. The molecular weight excluding hydrogens is 274 g/mol. The van der Waals surface area contributed by atoms with Gasteiger partial charge in [-0.25, -0.2) is 4.98 Å². The van der Waals surface area contributed by atoms with Crippen LogP contribution in [0.2, 0.25) is 0 Å². The minimum Gasteiger partial charge on any atom is -0.496 e. The molecule has 1 aliphatic rings. The molecule has 1 aromatic heterocycles. The highest BCUT2D eigenvalue weighted by molar-refractivity contribution is 7.15. The van der Waals surface area contributed by atoms with E-state index >= 15 is 0 Å². The van der Waals surface area contributed by atoms with E-state index in [9.17, 15) is 4.79 Å². The van der Waals surface area contributed by atoms with Crippen LogP contribution in [0.15, 0.2) is 24.3 Å². The molecule has 1 aliphatic heterocycles. The van der Waals surface area contributed by atoms with Crippen molar-refractivity contribution in [3.05, 3.63) is 40.4 Å². The van der Waals surface area contributed by atoms with Crippen LogP contribution in [0.1, 0.15) is 20.9 Å². The number of carbonyl (C=O) groups excluding carboxylic acids is 1. The van der Waals surface area contributed by atoms with Gasteiger partial charge in [0.15, 0.2) is 5.13 Å². The number of fused-ring (bicyclic) bond motifs is 1. The van der Waals surface area contributed by atoms with Gasteiger partial charge in [-0.1, -0.05) is 12.1 Å². The van der Waals surface area contributed by atoms with Crippen LogP contribution in [0.25, 0.3) is 0 Å². The van der Waals surface area contributed by atoms with Crippen molar-refractivity contribution in [2.45, 2.75) is 13.0 Å². The maximum absolute atomic E-state index is 12.6. The number of methoxy groups -OCH3 is 1. The van der Waals surface area contributed by atoms with Gasteiger partial charge in [-0.05, 0) is 12.1 Å². The van der Waals surface area contributed by atoms with Crippen LogP contribution in [0.5, 0.6) is 5.75 Å². The predicted octanol–water partition coefficient (Wildman–Crippen LogP) is 1.93. The SMILES string of the molecule is COc1ccccc1C(=O)N1CCc2nc(N)sc2C1. The summed E-state index contributed by atoms with van der Waals surface area (Å²) in [6.07, 6.45) is 0.754. The van der Waals surface area contributed by atoms with Crippen LogP contribution in [0, 0.1) is 0 Å². The molecule has 2 N–H and O–H groups in total. The number of hydrogen-bond donors (Lipinski definition) is 1. The second kappa shape index (κ2) is 5.13. The molecule has 0 atom stereocenters. The first kappa shape index (κ1) is 12.9. The standard InChI is InChI=1S/C14H15N3O2S/c1-19-11-5-3-2-4-9(11)13(18)17-7-6-10-12(8-17)20-14(15)16-10/h2-5H,6-8H2,1H3,(H2,15,16). The topological polar surface area (TPSA) is 68.5 Å². The molecular formula is C14H15N3O2S. The number of hydrogen-bond acceptors (Lipinski definition) is 5. The molecule has 20 heavy (non-hydrogen) atoms. The van der Waals surface area contributed by atoms with Crippen molar-refractivity contribution in [3.8, 4) is 5.75 Å². The van der Waals surface area contributed by atoms with E-state index in [1.807, 2.05) is 17.0 Å². The van der Waals surface area contributed by atoms with Crippen LogP contribution < -0.4 is 10.5 Å². The number of ether oxygens (including phenoxy) is 1. The predicted molar refractivity (Wildman–Crippen MR) is 78.0 cm³/mol. The minimum atomic E-state index is -0.0138. The lowest BCUT2D eigenvalue weighted by atomic mass is 10.1. The van der Waals surface area contributed by atoms with E-state index in [1.165, 1.54) is 11.3 Å². The molecule has 3 rings (SSSR count). The van der Waals surface area contributed by atoms with Crippen LogP contribution in [-0.4, -0.2) is 29.4 Å². The molecule has 2 aromatic rings. The Balaban J connectivity index is 1.85. The fourth-order valence-electron chi connectivity index (χ4n) is 2.38. The molecule has 6 heteroatoms. The summed E-state index contributed by atoms with van der Waals surface area (Å²) in [7, 11) is 1.57. The summed E-state index contributed by atoms with van der Waals surface area (Å²) < 4.78 is 5.25. The number of thiazole rings is 1. The quantitative estimate of drug-likeness (QED) is 0.917. The Morgan fingerprint density at radius 2 is 2.25 bits per heavy atom. The molecule has 0 fully saturated rings. The van der Waals surface area contributed by atoms with Crippen molar-refractivity contribution < 1.29 is 9.53 Å². The van der Waals surface area contributed by atoms with Gasteiger partial charge in [0.2, 0.25) is 0 Å². The highest BCUT2D eigenvalue weighted by Gasteiger charge is 2.25. The monoisotopic (exact) mass is 289 g/mol. The van der Waals surface area contributed by atoms with Gasteiger partial charge in [-0.2, -0.15) is 0 Å². The lowest BCUT2D eigenvalue weighted by molar-refractivity contribution is 0.0733. The highest BCUT2D eigenvalue weighted by Crippen LogP contribution is 2.28. The number of nitrogens with zero attached hydrogens (tertiary/aromatic N) is 2. The minimum absolute atomic E-state index is 0.0138. The molecule has 0 spiro atoms. The maximum Gasteiger partial charge on any atom is 0.257 e. The second-order valence-corrected chi connectivity index (χ2v) is 5.71. The molecule has 0 unspecified atom stereocenters. The first-order chi connectivity index (χ1) is 9.69. The van der Waals surface area contributed by atoms with E-state index in [0.717, 1.165) is 17.0 Å². The smallest absolute Gasteiger partial charge is 0.257 e. The number of benzene rings is 1. The Morgan fingerprint density at radius 1 is 1.45 bits per heavy atom. The Bertz CT molecular complexity index is 654. The van der Waals surface area contributed by atoms with Gasteiger partial charge < -0.3 is 15.4 Å². The first-order valence-electron chi connectivity index (χ1n) is 6.35. The molecule has 1 amide bonds. The normalized spacial score (nSPS) is 13.9. The fourth-order valence-corrected chi connectivity index (χ4v) is 3.27. The lowest BCUT2D eigenvalue weighted by Crippen LogP contribution is -2.35. The summed E-state index contributed by atoms with van der Waals surface area (Å²) >= 11 is 1.46. The third-order valence-electron chi connectivity index (χ3n) is 3.37. The van der Waals surface area contributed by atoms with Crippen molar-refractivity contribution in [1.82, 2.24) is 9.88 Å². The number of amides is 1. The van der Waals surface area contributed by atoms with Crippen LogP contribution >= 0.6 is 11.3 Å². The van der Waals surface area contributed by atoms with Crippen LogP contribution in [0.4, 0.5) is 5.13 Å². The molecule has 0 aliphatic carbocycles. The van der Waals surface area contributed by atoms with E-state index in [0.29, 0.717) is 29.5 Å². The highest BCUT2D eigenvalue weighted by atomic mass is 32.1. The number of aromatic nitrogens is 1. The zero-order chi connectivity index (χ0) is 14.1. The van der Waals surface area contributed by atoms with Crippen LogP contribution in [-0.2, 0) is 13.0 Å². The summed E-state index contributed by atoms with van der Waals surface area (Å²) in [5, 5.41) is 0.571. The van der Waals surface area contributed by atoms with Crippen molar-refractivity contribution in [2.75, 3.05) is 19.4 Å².